The number of alkyl halides is 5. The van der Waals surface area contributed by atoms with Crippen LogP contribution < -0.4 is 20.5 Å². The molecule has 4 N–H and O–H groups in total. The number of nitrogens with two attached hydrogens (primary N) is 1. The third-order valence-electron chi connectivity index (χ3n) is 6.68. The minimum atomic E-state index is -4.37. The molecule has 0 aromatic carbocycles. The summed E-state index contributed by atoms with van der Waals surface area (Å²) in [6.45, 7) is -0.792. The summed E-state index contributed by atoms with van der Waals surface area (Å²) in [6, 6.07) is 4.18. The number of hydrogen-bond donors (Lipinski definition) is 3. The molecule has 3 atom stereocenters. The van der Waals surface area contributed by atoms with Gasteiger partial charge in [-0.15, -0.1) is 0 Å². The molecule has 1 unspecified atom stereocenters. The maximum atomic E-state index is 15.0. The summed E-state index contributed by atoms with van der Waals surface area (Å²) in [5.41, 5.74) is 3.41. The predicted octanol–water partition coefficient (Wildman–Crippen LogP) is 3.67. The fraction of sp³-hybridized carbons (Fsp3) is 0.478. The van der Waals surface area contributed by atoms with Gasteiger partial charge in [-0.1, -0.05) is 0 Å². The maximum Gasteiger partial charge on any atom is 0.340 e. The van der Waals surface area contributed by atoms with Crippen LogP contribution in [0, 0.1) is 5.82 Å². The third kappa shape index (κ3) is 5.36. The fourth-order valence-corrected chi connectivity index (χ4v) is 7.35. The van der Waals surface area contributed by atoms with Gasteiger partial charge < -0.3 is 20.3 Å². The number of nitrogens with one attached hydrogen (secondary N) is 2. The minimum Gasteiger partial charge on any atom is -0.800 e. The van der Waals surface area contributed by atoms with E-state index < -0.39 is 69.6 Å². The molecule has 1 fully saturated rings. The number of fused-ring (bicyclic) bond motifs is 1. The molecule has 0 saturated carbocycles. The van der Waals surface area contributed by atoms with E-state index in [4.69, 9.17) is 5.73 Å². The van der Waals surface area contributed by atoms with Crippen molar-refractivity contribution >= 4 is 28.1 Å². The lowest BCUT2D eigenvalue weighted by molar-refractivity contribution is -0.148. The first-order valence-corrected chi connectivity index (χ1v) is 13.4. The van der Waals surface area contributed by atoms with E-state index in [0.717, 1.165) is 30.5 Å². The van der Waals surface area contributed by atoms with Gasteiger partial charge in [0.25, 0.3) is 5.91 Å². The first-order valence-electron chi connectivity index (χ1n) is 11.7. The molecule has 9 nitrogen and oxygen atoms in total. The molecular weight excluding hydrogens is 554 g/mol. The molecule has 2 aliphatic heterocycles. The third-order valence-corrected chi connectivity index (χ3v) is 10.1. The van der Waals surface area contributed by atoms with Crippen molar-refractivity contribution in [1.29, 1.82) is 0 Å². The van der Waals surface area contributed by atoms with Gasteiger partial charge in [-0.05, 0) is 44.0 Å². The van der Waals surface area contributed by atoms with E-state index in [2.05, 4.69) is 29.7 Å². The Kier molecular flexibility index (Phi) is 7.75. The van der Waals surface area contributed by atoms with E-state index in [1.165, 1.54) is 0 Å². The van der Waals surface area contributed by atoms with Gasteiger partial charge in [0, 0.05) is 12.3 Å². The van der Waals surface area contributed by atoms with Crippen molar-refractivity contribution in [1.82, 2.24) is 14.7 Å². The first kappa shape index (κ1) is 28.9. The Morgan fingerprint density at radius 3 is 2.72 bits per heavy atom. The van der Waals surface area contributed by atoms with Crippen LogP contribution in [0.5, 0.6) is 5.75 Å². The van der Waals surface area contributed by atoms with Gasteiger partial charge in [-0.2, -0.15) is 8.78 Å². The Bertz CT molecular complexity index is 1270. The highest BCUT2D eigenvalue weighted by atomic mass is 32.3. The molecule has 2 aliphatic rings. The molecule has 0 spiro atoms. The number of amides is 1. The number of amidine groups is 1. The number of halogens is 6. The van der Waals surface area contributed by atoms with E-state index in [0.29, 0.717) is 19.4 Å². The van der Waals surface area contributed by atoms with Crippen LogP contribution in [0.2, 0.25) is 0 Å². The summed E-state index contributed by atoms with van der Waals surface area (Å²) in [6.07, 6.45) is -1.92. The molecule has 2 aromatic rings. The Morgan fingerprint density at radius 1 is 1.33 bits per heavy atom. The van der Waals surface area contributed by atoms with Crippen LogP contribution in [0.4, 0.5) is 32.2 Å². The molecule has 0 bridgehead atoms. The lowest BCUT2D eigenvalue weighted by Gasteiger charge is -2.66. The Balaban J connectivity index is 1.55. The average molecular weight is 580 g/mol. The zero-order chi connectivity index (χ0) is 28.6. The van der Waals surface area contributed by atoms with Crippen molar-refractivity contribution in [2.75, 3.05) is 30.9 Å². The van der Waals surface area contributed by atoms with Gasteiger partial charge >= 0.3 is 12.3 Å². The lowest BCUT2D eigenvalue weighted by atomic mass is 9.95. The molecular formula is C23H25F6N6O3S-. The molecule has 39 heavy (non-hydrogen) atoms. The molecule has 16 heteroatoms. The van der Waals surface area contributed by atoms with Crippen molar-refractivity contribution in [2.24, 2.45) is 10.7 Å². The summed E-state index contributed by atoms with van der Waals surface area (Å²) >= 11 is 0. The van der Waals surface area contributed by atoms with Gasteiger partial charge in [0.1, 0.15) is 46.8 Å². The molecule has 1 saturated heterocycles. The Morgan fingerprint density at radius 2 is 2.08 bits per heavy atom. The summed E-state index contributed by atoms with van der Waals surface area (Å²) in [5, 5.41) is 2.35. The highest BCUT2D eigenvalue weighted by Crippen LogP contribution is 2.62. The van der Waals surface area contributed by atoms with Gasteiger partial charge in [0.05, 0.1) is 10.9 Å². The van der Waals surface area contributed by atoms with Crippen molar-refractivity contribution < 1.29 is 40.4 Å². The molecule has 2 aromatic heterocycles. The van der Waals surface area contributed by atoms with Gasteiger partial charge in [-0.25, -0.2) is 27.5 Å². The predicted molar refractivity (Wildman–Crippen MR) is 131 cm³/mol. The van der Waals surface area contributed by atoms with Crippen LogP contribution >= 0.6 is 10.5 Å². The zero-order valence-electron chi connectivity index (χ0n) is 20.5. The number of ether oxygens (including phenoxy) is 1. The number of carbonyl (C=O) groups excluding carboxylic acids is 1. The molecule has 1 amide bonds. The van der Waals surface area contributed by atoms with Crippen LogP contribution in [0.3, 0.4) is 0 Å². The quantitative estimate of drug-likeness (QED) is 0.406. The molecule has 4 rings (SSSR count). The Hall–Kier alpha value is -3.11. The number of carbonyl (C=O) groups is 1. The lowest BCUT2D eigenvalue weighted by Crippen LogP contribution is -2.61. The van der Waals surface area contributed by atoms with E-state index in [-0.39, 0.29) is 23.1 Å². The second-order valence-electron chi connectivity index (χ2n) is 9.42. The van der Waals surface area contributed by atoms with Gasteiger partial charge in [0.2, 0.25) is 0 Å². The molecule has 4 heterocycles. The normalized spacial score (nSPS) is 28.7. The van der Waals surface area contributed by atoms with Crippen LogP contribution in [0.1, 0.15) is 35.9 Å². The summed E-state index contributed by atoms with van der Waals surface area (Å²) in [5.74, 6) is -7.17. The van der Waals surface area contributed by atoms with Crippen LogP contribution in [0.15, 0.2) is 35.5 Å². The highest BCUT2D eigenvalue weighted by molar-refractivity contribution is 8.29. The monoisotopic (exact) mass is 579 g/mol. The van der Waals surface area contributed by atoms with E-state index in [9.17, 15) is 35.7 Å². The molecule has 0 radical (unpaired) electrons. The van der Waals surface area contributed by atoms with Crippen molar-refractivity contribution in [2.45, 2.75) is 42.4 Å². The Labute approximate surface area is 220 Å². The number of nitrogens with zero attached hydrogens (tertiary/aromatic N) is 3. The summed E-state index contributed by atoms with van der Waals surface area (Å²) in [4.78, 5) is 24.7. The number of anilines is 1. The maximum absolute atomic E-state index is 15.0. The molecule has 214 valence electrons. The second-order valence-corrected chi connectivity index (χ2v) is 12.3. The van der Waals surface area contributed by atoms with Gasteiger partial charge in [0.15, 0.2) is 6.61 Å². The number of rotatable bonds is 8. The van der Waals surface area contributed by atoms with Crippen LogP contribution in [0.25, 0.3) is 0 Å². The van der Waals surface area contributed by atoms with E-state index >= 15 is 0 Å². The molecule has 0 aliphatic carbocycles. The van der Waals surface area contributed by atoms with Crippen molar-refractivity contribution in [3.63, 3.8) is 0 Å². The number of aliphatic imine (C=N–C) groups is 1. The largest absolute Gasteiger partial charge is 0.800 e. The minimum absolute atomic E-state index is 0.0861. The number of pyridine rings is 2. The summed E-state index contributed by atoms with van der Waals surface area (Å²) in [7, 11) is -3.02. The average Bonchev–Trinajstić information content (AvgIpc) is 2.89. The van der Waals surface area contributed by atoms with Crippen molar-refractivity contribution in [3.05, 3.63) is 47.7 Å². The van der Waals surface area contributed by atoms with Gasteiger partial charge in [-0.3, -0.25) is 25.0 Å². The number of aromatic nitrogens is 2. The van der Waals surface area contributed by atoms with E-state index in [1.807, 2.05) is 0 Å². The van der Waals surface area contributed by atoms with E-state index in [1.54, 1.807) is 6.92 Å². The second kappa shape index (κ2) is 10.5. The topological polar surface area (TPSA) is 138 Å². The standard InChI is InChI=1S/C23H26F6N6O3S/c1-21-7-2-8-32-39(21,37)12-22(10-24,35-20(21)30)17-14(25)4-6-16(33-17)34-18(36)15-5-3-13(9-31-15)38-11-23(28,29)19(26)27/h3-6,9,19,32,37H,2,7-8,10-12H2,1H3,(H2,30,35)(H,33,34,36)/p-1/t21-,22+/m1/s1. The highest BCUT2D eigenvalue weighted by Gasteiger charge is 2.53. The van der Waals surface area contributed by atoms with Crippen LogP contribution in [-0.2, 0) is 5.54 Å². The summed E-state index contributed by atoms with van der Waals surface area (Å²) < 4.78 is 100. The zero-order valence-corrected chi connectivity index (χ0v) is 21.3. The smallest absolute Gasteiger partial charge is 0.340 e. The van der Waals surface area contributed by atoms with Crippen molar-refractivity contribution in [3.8, 4) is 5.75 Å². The first-order chi connectivity index (χ1) is 18.3. The number of hydrogen-bond acceptors (Lipinski definition) is 8. The fourth-order valence-electron chi connectivity index (χ4n) is 4.33. The van der Waals surface area contributed by atoms with Crippen LogP contribution in [-0.4, -0.2) is 68.9 Å². The SMILES string of the molecule is C[C@]12CCCNS1([O-])C[C@@](CF)(c1nc(NC(=O)c3ccc(OCC(F)(F)C(F)F)cn3)ccc1F)N=C2N.